The lowest BCUT2D eigenvalue weighted by molar-refractivity contribution is 0.0940. The van der Waals surface area contributed by atoms with Gasteiger partial charge >= 0.3 is 0 Å². The molecule has 0 aliphatic carbocycles. The number of benzene rings is 1. The maximum absolute atomic E-state index is 13.3. The Morgan fingerprint density at radius 2 is 1.57 bits per heavy atom. The minimum absolute atomic E-state index is 0.115. The van der Waals surface area contributed by atoms with E-state index in [0.717, 1.165) is 0 Å². The minimum atomic E-state index is -2.32. The first kappa shape index (κ1) is 17.6. The van der Waals surface area contributed by atoms with Crippen molar-refractivity contribution in [1.82, 2.24) is 5.32 Å². The maximum Gasteiger partial charge on any atom is 0.257 e. The lowest BCUT2D eigenvalue weighted by Gasteiger charge is -2.11. The Bertz CT molecular complexity index is 512. The van der Waals surface area contributed by atoms with Crippen LogP contribution in [-0.4, -0.2) is 31.5 Å². The average Bonchev–Trinajstić information content (AvgIpc) is 2.43. The van der Waals surface area contributed by atoms with E-state index in [1.807, 2.05) is 5.32 Å². The van der Waals surface area contributed by atoms with Crippen LogP contribution in [0.4, 0.5) is 22.0 Å². The van der Waals surface area contributed by atoms with Gasteiger partial charge in [0.2, 0.25) is 5.82 Å². The van der Waals surface area contributed by atoms with Gasteiger partial charge in [-0.2, -0.15) is 0 Å². The van der Waals surface area contributed by atoms with Gasteiger partial charge in [-0.3, -0.25) is 4.79 Å². The van der Waals surface area contributed by atoms with Crippen molar-refractivity contribution in [3.05, 3.63) is 34.6 Å². The van der Waals surface area contributed by atoms with Crippen molar-refractivity contribution in [1.29, 1.82) is 0 Å². The molecular weight excluding hydrogens is 321 g/mol. The molecule has 0 aromatic heterocycles. The summed E-state index contributed by atoms with van der Waals surface area (Å²) in [5.74, 6) is -12.4. The fourth-order valence-corrected chi connectivity index (χ4v) is 1.73. The van der Waals surface area contributed by atoms with Crippen LogP contribution in [0.25, 0.3) is 0 Å². The van der Waals surface area contributed by atoms with Gasteiger partial charge in [0, 0.05) is 13.7 Å². The lowest BCUT2D eigenvalue weighted by Crippen LogP contribution is -2.29. The highest BCUT2D eigenvalue weighted by molar-refractivity contribution is 6.20. The third-order valence-electron chi connectivity index (χ3n) is 2.53. The van der Waals surface area contributed by atoms with Gasteiger partial charge in [-0.25, -0.2) is 22.0 Å². The molecule has 0 aliphatic rings. The summed E-state index contributed by atoms with van der Waals surface area (Å²) in [5, 5.41) is 1.56. The molecular formula is C12H11ClF5NO2. The zero-order chi connectivity index (χ0) is 16.2. The molecule has 21 heavy (non-hydrogen) atoms. The highest BCUT2D eigenvalue weighted by Crippen LogP contribution is 2.22. The maximum atomic E-state index is 13.3. The Kier molecular flexibility index (Phi) is 6.35. The van der Waals surface area contributed by atoms with Gasteiger partial charge in [0.05, 0.1) is 12.0 Å². The summed E-state index contributed by atoms with van der Waals surface area (Å²) in [6, 6.07) is 0. The molecule has 1 amide bonds. The number of carbonyl (C=O) groups is 1. The first-order valence-electron chi connectivity index (χ1n) is 5.73. The SMILES string of the molecule is COCC(Cl)CCNC(=O)c1c(F)c(F)c(F)c(F)c1F. The van der Waals surface area contributed by atoms with Gasteiger partial charge < -0.3 is 10.1 Å². The van der Waals surface area contributed by atoms with Crippen LogP contribution in [0, 0.1) is 29.1 Å². The second-order valence-corrected chi connectivity index (χ2v) is 4.66. The van der Waals surface area contributed by atoms with Gasteiger partial charge in [0.25, 0.3) is 5.91 Å². The molecule has 0 radical (unpaired) electrons. The van der Waals surface area contributed by atoms with Gasteiger partial charge in [0.15, 0.2) is 23.3 Å². The van der Waals surface area contributed by atoms with E-state index in [1.165, 1.54) is 7.11 Å². The number of halogens is 6. The van der Waals surface area contributed by atoms with E-state index < -0.39 is 45.9 Å². The van der Waals surface area contributed by atoms with E-state index in [0.29, 0.717) is 0 Å². The predicted octanol–water partition coefficient (Wildman–Crippen LogP) is 2.76. The standard InChI is InChI=1S/C12H11ClF5NO2/c1-21-4-5(13)2-3-19-12(20)6-7(14)9(16)11(18)10(17)8(6)15/h5H,2-4H2,1H3,(H,19,20). The molecule has 0 saturated heterocycles. The fourth-order valence-electron chi connectivity index (χ4n) is 1.50. The van der Waals surface area contributed by atoms with Crippen molar-refractivity contribution >= 4 is 17.5 Å². The van der Waals surface area contributed by atoms with Crippen molar-refractivity contribution in [3.63, 3.8) is 0 Å². The number of hydrogen-bond donors (Lipinski definition) is 1. The van der Waals surface area contributed by atoms with E-state index in [1.54, 1.807) is 0 Å². The van der Waals surface area contributed by atoms with Crippen LogP contribution in [0.3, 0.4) is 0 Å². The fraction of sp³-hybridized carbons (Fsp3) is 0.417. The normalized spacial score (nSPS) is 12.3. The van der Waals surface area contributed by atoms with E-state index in [4.69, 9.17) is 16.3 Å². The first-order valence-corrected chi connectivity index (χ1v) is 6.17. The average molecular weight is 332 g/mol. The third-order valence-corrected chi connectivity index (χ3v) is 2.87. The van der Waals surface area contributed by atoms with Crippen LogP contribution in [-0.2, 0) is 4.74 Å². The number of rotatable bonds is 6. The van der Waals surface area contributed by atoms with Gasteiger partial charge in [-0.1, -0.05) is 0 Å². The smallest absolute Gasteiger partial charge is 0.257 e. The van der Waals surface area contributed by atoms with Crippen molar-refractivity contribution in [3.8, 4) is 0 Å². The topological polar surface area (TPSA) is 38.3 Å². The zero-order valence-corrected chi connectivity index (χ0v) is 11.5. The molecule has 1 unspecified atom stereocenters. The molecule has 3 nitrogen and oxygen atoms in total. The van der Waals surface area contributed by atoms with Crippen LogP contribution in [0.2, 0.25) is 0 Å². The summed E-state index contributed by atoms with van der Waals surface area (Å²) in [7, 11) is 1.41. The van der Waals surface area contributed by atoms with Crippen LogP contribution < -0.4 is 5.32 Å². The summed E-state index contributed by atoms with van der Waals surface area (Å²) < 4.78 is 70.1. The predicted molar refractivity (Wildman–Crippen MR) is 64.7 cm³/mol. The lowest BCUT2D eigenvalue weighted by atomic mass is 10.1. The summed E-state index contributed by atoms with van der Waals surface area (Å²) in [5.41, 5.74) is -1.52. The number of ether oxygens (including phenoxy) is 1. The van der Waals surface area contributed by atoms with Crippen LogP contribution >= 0.6 is 11.6 Å². The number of alkyl halides is 1. The molecule has 1 atom stereocenters. The second kappa shape index (κ2) is 7.56. The molecule has 118 valence electrons. The van der Waals surface area contributed by atoms with Crippen LogP contribution in [0.5, 0.6) is 0 Å². The summed E-state index contributed by atoms with van der Waals surface area (Å²) in [6.07, 6.45) is 0.191. The second-order valence-electron chi connectivity index (χ2n) is 4.04. The zero-order valence-electron chi connectivity index (χ0n) is 10.8. The van der Waals surface area contributed by atoms with Crippen LogP contribution in [0.15, 0.2) is 0 Å². The molecule has 1 aromatic rings. The summed E-state index contributed by atoms with van der Waals surface area (Å²) in [4.78, 5) is 11.5. The van der Waals surface area contributed by atoms with Crippen LogP contribution in [0.1, 0.15) is 16.8 Å². The number of amides is 1. The number of nitrogens with one attached hydrogen (secondary N) is 1. The molecule has 1 N–H and O–H groups in total. The molecule has 1 rings (SSSR count). The molecule has 0 fully saturated rings. The third kappa shape index (κ3) is 4.04. The molecule has 0 bridgehead atoms. The van der Waals surface area contributed by atoms with E-state index in [9.17, 15) is 26.7 Å². The molecule has 0 aliphatic heterocycles. The number of hydrogen-bond acceptors (Lipinski definition) is 2. The number of carbonyl (C=O) groups excluding carboxylic acids is 1. The Hall–Kier alpha value is -1.41. The highest BCUT2D eigenvalue weighted by atomic mass is 35.5. The molecule has 0 saturated carbocycles. The quantitative estimate of drug-likeness (QED) is 0.377. The van der Waals surface area contributed by atoms with Gasteiger partial charge in [-0.15, -0.1) is 11.6 Å². The molecule has 0 heterocycles. The van der Waals surface area contributed by atoms with Crippen molar-refractivity contribution in [2.24, 2.45) is 0 Å². The monoisotopic (exact) mass is 331 g/mol. The highest BCUT2D eigenvalue weighted by Gasteiger charge is 2.29. The Morgan fingerprint density at radius 3 is 2.05 bits per heavy atom. The van der Waals surface area contributed by atoms with Crippen molar-refractivity contribution < 1.29 is 31.5 Å². The Morgan fingerprint density at radius 1 is 1.10 bits per heavy atom. The summed E-state index contributed by atoms with van der Waals surface area (Å²) in [6.45, 7) is 0.0653. The number of methoxy groups -OCH3 is 1. The Balaban J connectivity index is 2.84. The van der Waals surface area contributed by atoms with Gasteiger partial charge in [0.1, 0.15) is 5.56 Å². The molecule has 0 spiro atoms. The first-order chi connectivity index (χ1) is 9.81. The van der Waals surface area contributed by atoms with Crippen molar-refractivity contribution in [2.45, 2.75) is 11.8 Å². The molecule has 9 heteroatoms. The molecule has 1 aromatic carbocycles. The van der Waals surface area contributed by atoms with Crippen molar-refractivity contribution in [2.75, 3.05) is 20.3 Å². The van der Waals surface area contributed by atoms with E-state index in [2.05, 4.69) is 0 Å². The Labute approximate surface area is 122 Å². The van der Waals surface area contributed by atoms with E-state index in [-0.39, 0.29) is 19.6 Å². The largest absolute Gasteiger partial charge is 0.383 e. The summed E-state index contributed by atoms with van der Waals surface area (Å²) >= 11 is 5.75. The van der Waals surface area contributed by atoms with E-state index >= 15 is 0 Å². The van der Waals surface area contributed by atoms with Gasteiger partial charge in [-0.05, 0) is 6.42 Å². The minimum Gasteiger partial charge on any atom is -0.383 e.